The highest BCUT2D eigenvalue weighted by atomic mass is 16.3. The van der Waals surface area contributed by atoms with Crippen molar-refractivity contribution < 1.29 is 9.21 Å². The minimum atomic E-state index is -0.0322. The van der Waals surface area contributed by atoms with Crippen molar-refractivity contribution in [3.8, 4) is 0 Å². The number of likely N-dealkylation sites (tertiary alicyclic amines) is 2. The fraction of sp³-hybridized carbons (Fsp3) is 0.545. The van der Waals surface area contributed by atoms with Crippen LogP contribution in [-0.2, 0) is 6.54 Å². The number of piperidine rings is 2. The molecular weight excluding hydrogens is 380 g/mol. The van der Waals surface area contributed by atoms with Crippen LogP contribution in [0.15, 0.2) is 34.9 Å². The maximum atomic E-state index is 12.9. The Kier molecular flexibility index (Phi) is 5.48. The Bertz CT molecular complexity index is 965. The van der Waals surface area contributed by atoms with Crippen LogP contribution in [0.1, 0.15) is 54.4 Å². The normalized spacial score (nSPS) is 18.9. The van der Waals surface area contributed by atoms with Crippen LogP contribution >= 0.6 is 0 Å². The molecule has 0 atom stereocenters. The molecule has 0 bridgehead atoms. The van der Waals surface area contributed by atoms with Crippen LogP contribution in [0.5, 0.6) is 0 Å². The van der Waals surface area contributed by atoms with E-state index in [1.54, 1.807) is 10.9 Å². The Morgan fingerprint density at radius 2 is 1.83 bits per heavy atom. The van der Waals surface area contributed by atoms with Gasteiger partial charge in [-0.05, 0) is 50.9 Å². The van der Waals surface area contributed by atoms with E-state index in [4.69, 9.17) is 4.42 Å². The molecule has 158 valence electrons. The van der Waals surface area contributed by atoms with E-state index in [1.807, 2.05) is 29.2 Å². The number of benzene rings is 1. The van der Waals surface area contributed by atoms with Gasteiger partial charge in [-0.1, -0.05) is 23.8 Å². The van der Waals surface area contributed by atoms with Gasteiger partial charge < -0.3 is 14.2 Å². The average molecular weight is 409 g/mol. The van der Waals surface area contributed by atoms with E-state index in [2.05, 4.69) is 20.2 Å². The van der Waals surface area contributed by atoms with Gasteiger partial charge >= 0.3 is 0 Å². The van der Waals surface area contributed by atoms with Crippen LogP contribution < -0.4 is 0 Å². The van der Waals surface area contributed by atoms with E-state index in [-0.39, 0.29) is 11.8 Å². The van der Waals surface area contributed by atoms with Gasteiger partial charge in [-0.15, -0.1) is 5.10 Å². The van der Waals surface area contributed by atoms with E-state index in [0.29, 0.717) is 18.8 Å². The average Bonchev–Trinajstić information content (AvgIpc) is 3.45. The summed E-state index contributed by atoms with van der Waals surface area (Å²) in [6, 6.07) is 7.84. The second-order valence-corrected chi connectivity index (χ2v) is 8.36. The number of carbonyl (C=O) groups is 1. The third kappa shape index (κ3) is 4.09. The molecule has 0 unspecified atom stereocenters. The first kappa shape index (κ1) is 19.2. The SMILES string of the molecule is O=C(c1cn(CCN2CCCCC2)nn1)N1CCC(c2nc3ccccc3o2)CC1. The number of amides is 1. The number of hydrogen-bond acceptors (Lipinski definition) is 6. The number of carbonyl (C=O) groups excluding carboxylic acids is 1. The van der Waals surface area contributed by atoms with E-state index in [9.17, 15) is 4.79 Å². The van der Waals surface area contributed by atoms with Crippen molar-refractivity contribution in [2.24, 2.45) is 0 Å². The number of para-hydroxylation sites is 2. The molecule has 0 radical (unpaired) electrons. The molecule has 2 aliphatic rings. The van der Waals surface area contributed by atoms with Crippen molar-refractivity contribution >= 4 is 17.0 Å². The molecule has 3 aromatic rings. The van der Waals surface area contributed by atoms with Gasteiger partial charge in [0.2, 0.25) is 0 Å². The summed E-state index contributed by atoms with van der Waals surface area (Å²) in [6.07, 6.45) is 7.38. The third-order valence-electron chi connectivity index (χ3n) is 6.29. The molecule has 1 amide bonds. The zero-order valence-corrected chi connectivity index (χ0v) is 17.2. The fourth-order valence-corrected chi connectivity index (χ4v) is 4.49. The van der Waals surface area contributed by atoms with Gasteiger partial charge in [0, 0.05) is 25.6 Å². The molecule has 2 aliphatic heterocycles. The number of fused-ring (bicyclic) bond motifs is 1. The van der Waals surface area contributed by atoms with Crippen LogP contribution in [0.25, 0.3) is 11.1 Å². The van der Waals surface area contributed by atoms with E-state index < -0.39 is 0 Å². The first-order chi connectivity index (χ1) is 14.8. The van der Waals surface area contributed by atoms with Crippen molar-refractivity contribution in [1.82, 2.24) is 29.8 Å². The lowest BCUT2D eigenvalue weighted by Crippen LogP contribution is -2.38. The van der Waals surface area contributed by atoms with Crippen LogP contribution in [0, 0.1) is 0 Å². The van der Waals surface area contributed by atoms with Crippen molar-refractivity contribution in [3.63, 3.8) is 0 Å². The van der Waals surface area contributed by atoms with Gasteiger partial charge in [-0.3, -0.25) is 9.48 Å². The Morgan fingerprint density at radius 1 is 1.03 bits per heavy atom. The molecule has 4 heterocycles. The number of aromatic nitrogens is 4. The van der Waals surface area contributed by atoms with Gasteiger partial charge in [0.05, 0.1) is 12.7 Å². The zero-order valence-electron chi connectivity index (χ0n) is 17.2. The quantitative estimate of drug-likeness (QED) is 0.646. The molecule has 8 heteroatoms. The maximum absolute atomic E-state index is 12.9. The Hall–Kier alpha value is -2.74. The largest absolute Gasteiger partial charge is 0.440 e. The number of hydrogen-bond donors (Lipinski definition) is 0. The van der Waals surface area contributed by atoms with Gasteiger partial charge in [0.1, 0.15) is 5.52 Å². The second-order valence-electron chi connectivity index (χ2n) is 8.36. The topological polar surface area (TPSA) is 80.3 Å². The molecule has 0 saturated carbocycles. The predicted molar refractivity (Wildman–Crippen MR) is 112 cm³/mol. The lowest BCUT2D eigenvalue weighted by molar-refractivity contribution is 0.0700. The summed E-state index contributed by atoms with van der Waals surface area (Å²) in [5.41, 5.74) is 2.16. The highest BCUT2D eigenvalue weighted by Crippen LogP contribution is 2.30. The van der Waals surface area contributed by atoms with Crippen LogP contribution in [0.3, 0.4) is 0 Å². The molecule has 0 spiro atoms. The summed E-state index contributed by atoms with van der Waals surface area (Å²) in [6.45, 7) is 5.43. The first-order valence-corrected chi connectivity index (χ1v) is 11.0. The Labute approximate surface area is 175 Å². The van der Waals surface area contributed by atoms with Crippen molar-refractivity contribution in [1.29, 1.82) is 0 Å². The summed E-state index contributed by atoms with van der Waals surface area (Å²) in [7, 11) is 0. The maximum Gasteiger partial charge on any atom is 0.276 e. The molecule has 2 fully saturated rings. The summed E-state index contributed by atoms with van der Waals surface area (Å²) < 4.78 is 7.72. The monoisotopic (exact) mass is 408 g/mol. The summed E-state index contributed by atoms with van der Waals surface area (Å²) >= 11 is 0. The van der Waals surface area contributed by atoms with Gasteiger partial charge in [0.25, 0.3) is 5.91 Å². The van der Waals surface area contributed by atoms with E-state index >= 15 is 0 Å². The van der Waals surface area contributed by atoms with E-state index in [1.165, 1.54) is 19.3 Å². The van der Waals surface area contributed by atoms with Gasteiger partial charge in [-0.2, -0.15) is 0 Å². The van der Waals surface area contributed by atoms with E-state index in [0.717, 1.165) is 56.0 Å². The van der Waals surface area contributed by atoms with Crippen molar-refractivity contribution in [3.05, 3.63) is 42.0 Å². The summed E-state index contributed by atoms with van der Waals surface area (Å²) in [5, 5.41) is 8.30. The molecule has 0 aliphatic carbocycles. The minimum absolute atomic E-state index is 0.0322. The highest BCUT2D eigenvalue weighted by Gasteiger charge is 2.28. The number of nitrogens with zero attached hydrogens (tertiary/aromatic N) is 6. The minimum Gasteiger partial charge on any atom is -0.440 e. The lowest BCUT2D eigenvalue weighted by atomic mass is 9.96. The molecule has 2 aromatic heterocycles. The number of rotatable bonds is 5. The third-order valence-corrected chi connectivity index (χ3v) is 6.29. The fourth-order valence-electron chi connectivity index (χ4n) is 4.49. The molecule has 0 N–H and O–H groups in total. The van der Waals surface area contributed by atoms with Gasteiger partial charge in [-0.25, -0.2) is 4.98 Å². The Balaban J connectivity index is 1.15. The zero-order chi connectivity index (χ0) is 20.3. The molecular formula is C22H28N6O2. The van der Waals surface area contributed by atoms with Crippen molar-refractivity contribution in [2.45, 2.75) is 44.6 Å². The molecule has 8 nitrogen and oxygen atoms in total. The standard InChI is InChI=1S/C22H28N6O2/c29-22(19-16-28(25-24-19)15-14-26-10-4-1-5-11-26)27-12-8-17(9-13-27)21-23-18-6-2-3-7-20(18)30-21/h2-3,6-7,16-17H,1,4-5,8-15H2. The van der Waals surface area contributed by atoms with Crippen LogP contribution in [0.2, 0.25) is 0 Å². The second kappa shape index (κ2) is 8.55. The molecule has 2 saturated heterocycles. The Morgan fingerprint density at radius 3 is 2.63 bits per heavy atom. The molecule has 1 aromatic carbocycles. The summed E-state index contributed by atoms with van der Waals surface area (Å²) in [5.74, 6) is 1.00. The first-order valence-electron chi connectivity index (χ1n) is 11.0. The molecule has 5 rings (SSSR count). The smallest absolute Gasteiger partial charge is 0.276 e. The number of oxazole rings is 1. The predicted octanol–water partition coefficient (Wildman–Crippen LogP) is 2.93. The lowest BCUT2D eigenvalue weighted by Gasteiger charge is -2.30. The summed E-state index contributed by atoms with van der Waals surface area (Å²) in [4.78, 5) is 21.8. The highest BCUT2D eigenvalue weighted by molar-refractivity contribution is 5.92. The van der Waals surface area contributed by atoms with Crippen molar-refractivity contribution in [2.75, 3.05) is 32.7 Å². The van der Waals surface area contributed by atoms with Crippen LogP contribution in [0.4, 0.5) is 0 Å². The van der Waals surface area contributed by atoms with Crippen LogP contribution in [-0.4, -0.2) is 68.4 Å². The van der Waals surface area contributed by atoms with Gasteiger partial charge in [0.15, 0.2) is 17.2 Å². The molecule has 30 heavy (non-hydrogen) atoms.